The van der Waals surface area contributed by atoms with E-state index >= 15 is 0 Å². The fourth-order valence-electron chi connectivity index (χ4n) is 8.56. The van der Waals surface area contributed by atoms with Gasteiger partial charge in [0.25, 0.3) is 0 Å². The van der Waals surface area contributed by atoms with Gasteiger partial charge < -0.3 is 10.2 Å². The van der Waals surface area contributed by atoms with Crippen LogP contribution in [0.1, 0.15) is 65.2 Å². The van der Waals surface area contributed by atoms with Crippen molar-refractivity contribution >= 4 is 0 Å². The molecule has 0 amide bonds. The predicted molar refractivity (Wildman–Crippen MR) is 89.3 cm³/mol. The van der Waals surface area contributed by atoms with Crippen LogP contribution < -0.4 is 0 Å². The van der Waals surface area contributed by atoms with E-state index in [0.29, 0.717) is 17.3 Å². The smallest absolute Gasteiger partial charge is 0.130 e. The molecule has 5 saturated carbocycles. The van der Waals surface area contributed by atoms with Crippen molar-refractivity contribution in [2.45, 2.75) is 76.9 Å². The van der Waals surface area contributed by atoms with Crippen molar-refractivity contribution in [3.63, 3.8) is 0 Å². The van der Waals surface area contributed by atoms with Crippen molar-refractivity contribution in [3.8, 4) is 12.3 Å². The van der Waals surface area contributed by atoms with Gasteiger partial charge in [-0.2, -0.15) is 0 Å². The van der Waals surface area contributed by atoms with Crippen molar-refractivity contribution in [1.29, 1.82) is 0 Å². The lowest BCUT2D eigenvalue weighted by atomic mass is 9.45. The average Bonchev–Trinajstić information content (AvgIpc) is 3.11. The zero-order valence-electron chi connectivity index (χ0n) is 14.5. The van der Waals surface area contributed by atoms with E-state index in [4.69, 9.17) is 6.42 Å². The lowest BCUT2D eigenvalue weighted by Crippen LogP contribution is -2.58. The zero-order valence-corrected chi connectivity index (χ0v) is 14.5. The quantitative estimate of drug-likeness (QED) is 0.673. The van der Waals surface area contributed by atoms with Crippen LogP contribution in [0.15, 0.2) is 0 Å². The van der Waals surface area contributed by atoms with Gasteiger partial charge in [-0.25, -0.2) is 0 Å². The summed E-state index contributed by atoms with van der Waals surface area (Å²) in [6, 6.07) is 0. The minimum absolute atomic E-state index is 0.122. The summed E-state index contributed by atoms with van der Waals surface area (Å²) in [5.41, 5.74) is -0.492. The predicted octanol–water partition coefficient (Wildman–Crippen LogP) is 3.36. The Labute approximate surface area is 140 Å². The highest BCUT2D eigenvalue weighted by molar-refractivity contribution is 5.28. The third kappa shape index (κ3) is 1.36. The molecule has 0 aromatic rings. The third-order valence-electron chi connectivity index (χ3n) is 9.96. The van der Waals surface area contributed by atoms with Crippen LogP contribution in [0.4, 0.5) is 0 Å². The third-order valence-corrected chi connectivity index (χ3v) is 9.96. The SMILES string of the molecule is C#C[C@]1(O)CC[C@H]2[C@@H]3C[C@@H](O)[C@]45CC4CC[C@]5(C)[C@H]3CC[C@@]21C. The van der Waals surface area contributed by atoms with Crippen LogP contribution in [0.2, 0.25) is 0 Å². The molecule has 0 aromatic carbocycles. The Hall–Kier alpha value is -0.520. The Balaban J connectivity index is 1.55. The van der Waals surface area contributed by atoms with Crippen molar-refractivity contribution in [3.05, 3.63) is 0 Å². The Kier molecular flexibility index (Phi) is 2.57. The molecule has 5 aliphatic rings. The van der Waals surface area contributed by atoms with E-state index in [9.17, 15) is 10.2 Å². The Morgan fingerprint density at radius 3 is 2.35 bits per heavy atom. The highest BCUT2D eigenvalue weighted by atomic mass is 16.3. The van der Waals surface area contributed by atoms with Crippen LogP contribution in [0.3, 0.4) is 0 Å². The molecule has 1 unspecified atom stereocenters. The van der Waals surface area contributed by atoms with Crippen LogP contribution in [-0.4, -0.2) is 21.9 Å². The van der Waals surface area contributed by atoms with Gasteiger partial charge >= 0.3 is 0 Å². The second kappa shape index (κ2) is 4.00. The van der Waals surface area contributed by atoms with Crippen LogP contribution in [0.25, 0.3) is 0 Å². The Bertz CT molecular complexity index is 607. The first kappa shape index (κ1) is 14.8. The highest BCUT2D eigenvalue weighted by Gasteiger charge is 2.77. The Morgan fingerprint density at radius 1 is 1.00 bits per heavy atom. The van der Waals surface area contributed by atoms with E-state index in [1.165, 1.54) is 25.7 Å². The lowest BCUT2D eigenvalue weighted by molar-refractivity contribution is -0.163. The molecule has 2 N–H and O–H groups in total. The average molecular weight is 314 g/mol. The standard InChI is InChI=1S/C21H30O2/c1-4-20(23)10-7-15-14-11-17(22)21-12-13(21)5-8-19(21,3)16(14)6-9-18(15,20)2/h1,13-17,22-23H,5-12H2,2-3H3/t13?,14-,15-,16-,17+,18-,19+,20-,21-/m0/s1. The first-order chi connectivity index (χ1) is 10.8. The molecule has 0 bridgehead atoms. The van der Waals surface area contributed by atoms with E-state index in [1.54, 1.807) is 0 Å². The van der Waals surface area contributed by atoms with Crippen LogP contribution in [0.5, 0.6) is 0 Å². The first-order valence-corrected chi connectivity index (χ1v) is 9.71. The molecular formula is C21H30O2. The molecule has 2 nitrogen and oxygen atoms in total. The number of terminal acetylenes is 1. The Morgan fingerprint density at radius 2 is 1.65 bits per heavy atom. The van der Waals surface area contributed by atoms with E-state index in [2.05, 4.69) is 19.8 Å². The molecule has 5 aliphatic carbocycles. The topological polar surface area (TPSA) is 40.5 Å². The summed E-state index contributed by atoms with van der Waals surface area (Å²) in [5, 5.41) is 22.1. The van der Waals surface area contributed by atoms with Crippen LogP contribution in [-0.2, 0) is 0 Å². The molecular weight excluding hydrogens is 284 g/mol. The van der Waals surface area contributed by atoms with Crippen LogP contribution >= 0.6 is 0 Å². The van der Waals surface area contributed by atoms with Gasteiger partial charge in [0, 0.05) is 10.8 Å². The maximum atomic E-state index is 11.1. The second-order valence-electron chi connectivity index (χ2n) is 10.0. The van der Waals surface area contributed by atoms with Crippen LogP contribution in [0, 0.1) is 52.3 Å². The monoisotopic (exact) mass is 314 g/mol. The summed E-state index contributed by atoms with van der Waals surface area (Å²) in [4.78, 5) is 0. The maximum Gasteiger partial charge on any atom is 0.130 e. The van der Waals surface area contributed by atoms with Gasteiger partial charge in [0.1, 0.15) is 5.60 Å². The van der Waals surface area contributed by atoms with E-state index < -0.39 is 5.60 Å². The summed E-state index contributed by atoms with van der Waals surface area (Å²) in [7, 11) is 0. The minimum Gasteiger partial charge on any atom is -0.393 e. The van der Waals surface area contributed by atoms with Gasteiger partial charge in [0.05, 0.1) is 6.10 Å². The molecule has 0 radical (unpaired) electrons. The summed E-state index contributed by atoms with van der Waals surface area (Å²) in [6.45, 7) is 4.72. The van der Waals surface area contributed by atoms with Gasteiger partial charge in [-0.1, -0.05) is 19.8 Å². The van der Waals surface area contributed by atoms with Crippen molar-refractivity contribution < 1.29 is 10.2 Å². The first-order valence-electron chi connectivity index (χ1n) is 9.71. The molecule has 0 heterocycles. The molecule has 9 atom stereocenters. The molecule has 5 fully saturated rings. The fraction of sp³-hybridized carbons (Fsp3) is 0.905. The molecule has 23 heavy (non-hydrogen) atoms. The van der Waals surface area contributed by atoms with Crippen molar-refractivity contribution in [1.82, 2.24) is 0 Å². The maximum absolute atomic E-state index is 11.1. The molecule has 5 rings (SSSR count). The van der Waals surface area contributed by atoms with Crippen molar-refractivity contribution in [2.24, 2.45) is 39.9 Å². The largest absolute Gasteiger partial charge is 0.393 e. The van der Waals surface area contributed by atoms with Gasteiger partial charge in [-0.15, -0.1) is 6.42 Å². The van der Waals surface area contributed by atoms with Gasteiger partial charge in [-0.3, -0.25) is 0 Å². The molecule has 0 saturated heterocycles. The number of aliphatic hydroxyl groups is 2. The molecule has 0 aromatic heterocycles. The van der Waals surface area contributed by atoms with E-state index in [-0.39, 0.29) is 16.9 Å². The summed E-state index contributed by atoms with van der Waals surface area (Å²) >= 11 is 0. The van der Waals surface area contributed by atoms with Crippen molar-refractivity contribution in [2.75, 3.05) is 0 Å². The minimum atomic E-state index is -0.929. The number of rotatable bonds is 0. The molecule has 126 valence electrons. The zero-order chi connectivity index (χ0) is 16.3. The number of aliphatic hydroxyl groups excluding tert-OH is 1. The summed E-state index contributed by atoms with van der Waals surface area (Å²) in [6.07, 6.45) is 14.5. The number of hydrogen-bond donors (Lipinski definition) is 2. The second-order valence-corrected chi connectivity index (χ2v) is 10.0. The molecule has 1 spiro atoms. The van der Waals surface area contributed by atoms with E-state index in [0.717, 1.165) is 37.5 Å². The normalized spacial score (nSPS) is 66.0. The summed E-state index contributed by atoms with van der Waals surface area (Å²) in [5.74, 6) is 5.33. The molecule has 2 heteroatoms. The fourth-order valence-corrected chi connectivity index (χ4v) is 8.56. The van der Waals surface area contributed by atoms with Gasteiger partial charge in [0.2, 0.25) is 0 Å². The summed E-state index contributed by atoms with van der Waals surface area (Å²) < 4.78 is 0. The molecule has 0 aliphatic heterocycles. The van der Waals surface area contributed by atoms with Gasteiger partial charge in [-0.05, 0) is 80.5 Å². The highest BCUT2D eigenvalue weighted by Crippen LogP contribution is 2.81. The van der Waals surface area contributed by atoms with Gasteiger partial charge in [0.15, 0.2) is 0 Å². The van der Waals surface area contributed by atoms with E-state index in [1.807, 2.05) is 0 Å². The lowest BCUT2D eigenvalue weighted by Gasteiger charge is -2.60. The number of hydrogen-bond acceptors (Lipinski definition) is 2. The number of fused-ring (bicyclic) bond motifs is 4.